The Morgan fingerprint density at radius 1 is 1.32 bits per heavy atom. The fraction of sp³-hybridized carbons (Fsp3) is 0.400. The van der Waals surface area contributed by atoms with Crippen molar-refractivity contribution in [3.05, 3.63) is 42.2 Å². The van der Waals surface area contributed by atoms with Crippen LogP contribution < -0.4 is 5.32 Å². The summed E-state index contributed by atoms with van der Waals surface area (Å²) >= 11 is 1.73. The third kappa shape index (κ3) is 3.39. The lowest BCUT2D eigenvalue weighted by Gasteiger charge is -2.19. The highest BCUT2D eigenvalue weighted by Gasteiger charge is 2.14. The minimum atomic E-state index is 0.411. The molecule has 1 aromatic carbocycles. The number of aryl methyl sites for hydroxylation is 1. The Kier molecular flexibility index (Phi) is 5.05. The molecule has 0 spiro atoms. The van der Waals surface area contributed by atoms with Gasteiger partial charge in [0.05, 0.1) is 0 Å². The minimum absolute atomic E-state index is 0.411. The van der Waals surface area contributed by atoms with Crippen molar-refractivity contribution in [2.24, 2.45) is 7.05 Å². The lowest BCUT2D eigenvalue weighted by molar-refractivity contribution is 0.530. The summed E-state index contributed by atoms with van der Waals surface area (Å²) in [6.07, 6.45) is 4.91. The van der Waals surface area contributed by atoms with Crippen LogP contribution in [0.3, 0.4) is 0 Å². The molecule has 0 amide bonds. The van der Waals surface area contributed by atoms with Crippen molar-refractivity contribution in [3.63, 3.8) is 0 Å². The quantitative estimate of drug-likeness (QED) is 0.873. The maximum Gasteiger partial charge on any atom is 0.172 e. The molecule has 1 heterocycles. The van der Waals surface area contributed by atoms with Crippen LogP contribution in [-0.4, -0.2) is 16.1 Å². The predicted molar refractivity (Wildman–Crippen MR) is 80.5 cm³/mol. The first-order valence-electron chi connectivity index (χ1n) is 6.73. The third-order valence-corrected chi connectivity index (χ3v) is 4.30. The van der Waals surface area contributed by atoms with Crippen LogP contribution in [0.5, 0.6) is 0 Å². The van der Waals surface area contributed by atoms with Crippen molar-refractivity contribution in [2.45, 2.75) is 36.4 Å². The van der Waals surface area contributed by atoms with Gasteiger partial charge in [-0.05, 0) is 24.6 Å². The van der Waals surface area contributed by atoms with Gasteiger partial charge in [-0.15, -0.1) is 0 Å². The van der Waals surface area contributed by atoms with Gasteiger partial charge in [0.25, 0.3) is 0 Å². The molecular formula is C15H21N3S. The molecule has 2 rings (SSSR count). The summed E-state index contributed by atoms with van der Waals surface area (Å²) in [5.74, 6) is 0. The Labute approximate surface area is 119 Å². The molecule has 0 radical (unpaired) electrons. The van der Waals surface area contributed by atoms with Crippen molar-refractivity contribution < 1.29 is 0 Å². The fourth-order valence-corrected chi connectivity index (χ4v) is 3.12. The largest absolute Gasteiger partial charge is 0.329 e. The molecule has 19 heavy (non-hydrogen) atoms. The third-order valence-electron chi connectivity index (χ3n) is 3.13. The lowest BCUT2D eigenvalue weighted by atomic mass is 10.0. The van der Waals surface area contributed by atoms with Crippen LogP contribution in [0.15, 0.2) is 46.7 Å². The van der Waals surface area contributed by atoms with Gasteiger partial charge in [-0.2, -0.15) is 0 Å². The van der Waals surface area contributed by atoms with Gasteiger partial charge in [-0.1, -0.05) is 43.8 Å². The standard InChI is InChI=1S/C15H21N3S/c1-4-13(16-5-2)12-8-6-7-9-14(12)19-15-17-10-11-18(15)3/h6-11,13,16H,4-5H2,1-3H3. The molecule has 2 aromatic rings. The molecule has 1 aromatic heterocycles. The number of rotatable bonds is 6. The van der Waals surface area contributed by atoms with E-state index in [0.29, 0.717) is 6.04 Å². The van der Waals surface area contributed by atoms with Gasteiger partial charge >= 0.3 is 0 Å². The number of benzene rings is 1. The summed E-state index contributed by atoms with van der Waals surface area (Å²) in [6.45, 7) is 5.35. The summed E-state index contributed by atoms with van der Waals surface area (Å²) < 4.78 is 2.05. The van der Waals surface area contributed by atoms with E-state index in [2.05, 4.69) is 53.0 Å². The molecule has 0 saturated heterocycles. The van der Waals surface area contributed by atoms with Gasteiger partial charge in [-0.3, -0.25) is 0 Å². The molecule has 102 valence electrons. The van der Waals surface area contributed by atoms with E-state index in [1.807, 2.05) is 19.4 Å². The number of imidazole rings is 1. The van der Waals surface area contributed by atoms with Crippen molar-refractivity contribution in [1.82, 2.24) is 14.9 Å². The fourth-order valence-electron chi connectivity index (χ4n) is 2.13. The molecule has 1 N–H and O–H groups in total. The van der Waals surface area contributed by atoms with E-state index in [-0.39, 0.29) is 0 Å². The van der Waals surface area contributed by atoms with E-state index < -0.39 is 0 Å². The average molecular weight is 275 g/mol. The molecule has 0 bridgehead atoms. The molecule has 0 aliphatic carbocycles. The van der Waals surface area contributed by atoms with Crippen molar-refractivity contribution in [3.8, 4) is 0 Å². The predicted octanol–water partition coefficient (Wildman–Crippen LogP) is 3.63. The van der Waals surface area contributed by atoms with Crippen LogP contribution >= 0.6 is 11.8 Å². The van der Waals surface area contributed by atoms with Gasteiger partial charge < -0.3 is 9.88 Å². The van der Waals surface area contributed by atoms with E-state index in [1.165, 1.54) is 10.5 Å². The Morgan fingerprint density at radius 2 is 2.11 bits per heavy atom. The zero-order valence-corrected chi connectivity index (χ0v) is 12.6. The maximum atomic E-state index is 4.39. The average Bonchev–Trinajstić information content (AvgIpc) is 2.83. The Balaban J connectivity index is 2.27. The van der Waals surface area contributed by atoms with Crippen LogP contribution in [0.25, 0.3) is 0 Å². The molecule has 4 heteroatoms. The number of aromatic nitrogens is 2. The van der Waals surface area contributed by atoms with Crippen LogP contribution in [0, 0.1) is 0 Å². The van der Waals surface area contributed by atoms with E-state index in [9.17, 15) is 0 Å². The lowest BCUT2D eigenvalue weighted by Crippen LogP contribution is -2.20. The Morgan fingerprint density at radius 3 is 2.74 bits per heavy atom. The molecule has 0 saturated carbocycles. The molecule has 0 fully saturated rings. The van der Waals surface area contributed by atoms with E-state index in [4.69, 9.17) is 0 Å². The summed E-state index contributed by atoms with van der Waals surface area (Å²) in [5, 5.41) is 4.57. The highest BCUT2D eigenvalue weighted by molar-refractivity contribution is 7.99. The first kappa shape index (κ1) is 14.2. The SMILES string of the molecule is CCNC(CC)c1ccccc1Sc1nccn1C. The van der Waals surface area contributed by atoms with E-state index >= 15 is 0 Å². The van der Waals surface area contributed by atoms with Gasteiger partial charge in [0.2, 0.25) is 0 Å². The van der Waals surface area contributed by atoms with Crippen LogP contribution in [0.4, 0.5) is 0 Å². The zero-order valence-electron chi connectivity index (χ0n) is 11.8. The second-order valence-electron chi connectivity index (χ2n) is 4.48. The molecule has 0 aliphatic rings. The van der Waals surface area contributed by atoms with Crippen molar-refractivity contribution in [1.29, 1.82) is 0 Å². The molecule has 1 atom stereocenters. The smallest absolute Gasteiger partial charge is 0.172 e. The molecule has 3 nitrogen and oxygen atoms in total. The van der Waals surface area contributed by atoms with Gasteiger partial charge in [-0.25, -0.2) is 4.98 Å². The number of hydrogen-bond donors (Lipinski definition) is 1. The Bertz CT molecular complexity index is 522. The topological polar surface area (TPSA) is 29.9 Å². The summed E-state index contributed by atoms with van der Waals surface area (Å²) in [4.78, 5) is 5.67. The summed E-state index contributed by atoms with van der Waals surface area (Å²) in [6, 6.07) is 9.00. The second-order valence-corrected chi connectivity index (χ2v) is 5.49. The first-order valence-corrected chi connectivity index (χ1v) is 7.55. The van der Waals surface area contributed by atoms with Crippen LogP contribution in [0.2, 0.25) is 0 Å². The monoisotopic (exact) mass is 275 g/mol. The van der Waals surface area contributed by atoms with Crippen molar-refractivity contribution >= 4 is 11.8 Å². The van der Waals surface area contributed by atoms with E-state index in [0.717, 1.165) is 18.1 Å². The molecule has 1 unspecified atom stereocenters. The zero-order chi connectivity index (χ0) is 13.7. The minimum Gasteiger partial charge on any atom is -0.329 e. The number of nitrogens with one attached hydrogen (secondary N) is 1. The Hall–Kier alpha value is -1.26. The normalized spacial score (nSPS) is 12.6. The van der Waals surface area contributed by atoms with Crippen LogP contribution in [0.1, 0.15) is 31.9 Å². The molecule has 0 aliphatic heterocycles. The first-order chi connectivity index (χ1) is 9.26. The second kappa shape index (κ2) is 6.78. The maximum absolute atomic E-state index is 4.39. The summed E-state index contributed by atoms with van der Waals surface area (Å²) in [5.41, 5.74) is 1.36. The molecular weight excluding hydrogens is 254 g/mol. The van der Waals surface area contributed by atoms with Gasteiger partial charge in [0.1, 0.15) is 0 Å². The van der Waals surface area contributed by atoms with Gasteiger partial charge in [0, 0.05) is 30.4 Å². The number of hydrogen-bond acceptors (Lipinski definition) is 3. The highest BCUT2D eigenvalue weighted by Crippen LogP contribution is 2.33. The van der Waals surface area contributed by atoms with Crippen molar-refractivity contribution in [2.75, 3.05) is 6.54 Å². The highest BCUT2D eigenvalue weighted by atomic mass is 32.2. The van der Waals surface area contributed by atoms with E-state index in [1.54, 1.807) is 11.8 Å². The van der Waals surface area contributed by atoms with Crippen LogP contribution in [-0.2, 0) is 7.05 Å². The summed E-state index contributed by atoms with van der Waals surface area (Å²) in [7, 11) is 2.03. The number of nitrogens with zero attached hydrogens (tertiary/aromatic N) is 2. The van der Waals surface area contributed by atoms with Gasteiger partial charge in [0.15, 0.2) is 5.16 Å².